The highest BCUT2D eigenvalue weighted by Crippen LogP contribution is 2.18. The van der Waals surface area contributed by atoms with Crippen molar-refractivity contribution in [3.63, 3.8) is 0 Å². The normalized spacial score (nSPS) is 19.3. The Bertz CT molecular complexity index is 372. The highest BCUT2D eigenvalue weighted by molar-refractivity contribution is 6.04. The molecule has 0 saturated carbocycles. The topological polar surface area (TPSA) is 32.6 Å². The quantitative estimate of drug-likeness (QED) is 0.456. The van der Waals surface area contributed by atoms with E-state index in [0.717, 1.165) is 6.42 Å². The molecule has 1 N–H and O–H groups in total. The lowest BCUT2D eigenvalue weighted by Gasteiger charge is -2.04. The van der Waals surface area contributed by atoms with E-state index in [2.05, 4.69) is 17.3 Å². The molecule has 0 aromatic heterocycles. The summed E-state index contributed by atoms with van der Waals surface area (Å²) in [6, 6.07) is 0. The van der Waals surface area contributed by atoms with Gasteiger partial charge in [0.2, 0.25) is 0 Å². The summed E-state index contributed by atoms with van der Waals surface area (Å²) in [5.74, 6) is 0. The Morgan fingerprint density at radius 2 is 1.50 bits per heavy atom. The van der Waals surface area contributed by atoms with Crippen LogP contribution < -0.4 is 0 Å². The van der Waals surface area contributed by atoms with Crippen molar-refractivity contribution in [1.82, 2.24) is 0 Å². The van der Waals surface area contributed by atoms with Crippen molar-refractivity contribution in [2.24, 2.45) is 5.16 Å². The van der Waals surface area contributed by atoms with E-state index in [-0.39, 0.29) is 0 Å². The number of rotatable bonds is 0. The van der Waals surface area contributed by atoms with Gasteiger partial charge < -0.3 is 5.21 Å². The highest BCUT2D eigenvalue weighted by atomic mass is 16.4. The largest absolute Gasteiger partial charge is 0.410 e. The van der Waals surface area contributed by atoms with Crippen LogP contribution in [0.3, 0.4) is 0 Å². The lowest BCUT2D eigenvalue weighted by atomic mass is 10.0. The third-order valence-electron chi connectivity index (χ3n) is 2.19. The molecule has 0 aromatic rings. The zero-order valence-corrected chi connectivity index (χ0v) is 7.72. The Morgan fingerprint density at radius 3 is 2.00 bits per heavy atom. The van der Waals surface area contributed by atoms with E-state index in [0.29, 0.717) is 5.71 Å². The van der Waals surface area contributed by atoms with E-state index in [9.17, 15) is 0 Å². The summed E-state index contributed by atoms with van der Waals surface area (Å²) >= 11 is 0. The number of fused-ring (bicyclic) bond motifs is 2. The molecule has 2 rings (SSSR count). The minimum Gasteiger partial charge on any atom is -0.410 e. The Hall–Kier alpha value is -1.83. The minimum absolute atomic E-state index is 0.573. The van der Waals surface area contributed by atoms with Gasteiger partial charge in [-0.1, -0.05) is 41.6 Å². The molecule has 0 aliphatic heterocycles. The van der Waals surface area contributed by atoms with E-state index in [1.807, 2.05) is 24.3 Å². The molecular weight excluding hydrogens is 174 g/mol. The Kier molecular flexibility index (Phi) is 2.45. The first-order valence-corrected chi connectivity index (χ1v) is 4.53. The van der Waals surface area contributed by atoms with E-state index in [1.54, 1.807) is 12.2 Å². The molecule has 2 nitrogen and oxygen atoms in total. The molecule has 2 aliphatic carbocycles. The Morgan fingerprint density at radius 1 is 0.929 bits per heavy atom. The first kappa shape index (κ1) is 8.75. The van der Waals surface area contributed by atoms with Gasteiger partial charge in [-0.2, -0.15) is 0 Å². The molecule has 0 spiro atoms. The molecule has 14 heavy (non-hydrogen) atoms. The van der Waals surface area contributed by atoms with Crippen LogP contribution in [0.1, 0.15) is 6.42 Å². The maximum atomic E-state index is 8.67. The predicted molar refractivity (Wildman–Crippen MR) is 57.4 cm³/mol. The van der Waals surface area contributed by atoms with Crippen LogP contribution >= 0.6 is 0 Å². The van der Waals surface area contributed by atoms with E-state index in [1.165, 1.54) is 11.1 Å². The SMILES string of the molecule is ON=C1C=CC2=CC=CC=C(C=C1)C2. The van der Waals surface area contributed by atoms with Gasteiger partial charge >= 0.3 is 0 Å². The second-order valence-corrected chi connectivity index (χ2v) is 3.24. The Balaban J connectivity index is 2.43. The second kappa shape index (κ2) is 3.92. The summed E-state index contributed by atoms with van der Waals surface area (Å²) in [5.41, 5.74) is 3.01. The average molecular weight is 185 g/mol. The molecule has 2 aliphatic rings. The maximum Gasteiger partial charge on any atom is 0.102 e. The van der Waals surface area contributed by atoms with Gasteiger partial charge in [-0.15, -0.1) is 0 Å². The number of hydrogen-bond donors (Lipinski definition) is 1. The van der Waals surface area contributed by atoms with E-state index >= 15 is 0 Å². The summed E-state index contributed by atoms with van der Waals surface area (Å²) in [5, 5.41) is 11.8. The summed E-state index contributed by atoms with van der Waals surface area (Å²) in [7, 11) is 0. The fourth-order valence-electron chi connectivity index (χ4n) is 1.45. The predicted octanol–water partition coefficient (Wildman–Crippen LogP) is 2.76. The summed E-state index contributed by atoms with van der Waals surface area (Å²) in [6.45, 7) is 0. The van der Waals surface area contributed by atoms with Crippen molar-refractivity contribution < 1.29 is 5.21 Å². The molecule has 0 aromatic carbocycles. The first-order chi connectivity index (χ1) is 6.88. The lowest BCUT2D eigenvalue weighted by molar-refractivity contribution is 0.320. The van der Waals surface area contributed by atoms with Crippen LogP contribution in [0, 0.1) is 0 Å². The number of hydrogen-bond acceptors (Lipinski definition) is 2. The van der Waals surface area contributed by atoms with Gasteiger partial charge in [0, 0.05) is 0 Å². The van der Waals surface area contributed by atoms with Gasteiger partial charge in [0.1, 0.15) is 5.71 Å². The number of oxime groups is 1. The van der Waals surface area contributed by atoms with Crippen molar-refractivity contribution in [3.8, 4) is 0 Å². The van der Waals surface area contributed by atoms with Crippen molar-refractivity contribution in [2.45, 2.75) is 6.42 Å². The molecule has 0 fully saturated rings. The van der Waals surface area contributed by atoms with Crippen LogP contribution in [0.5, 0.6) is 0 Å². The number of nitrogens with zero attached hydrogens (tertiary/aromatic N) is 1. The van der Waals surface area contributed by atoms with Crippen molar-refractivity contribution >= 4 is 5.71 Å². The zero-order valence-electron chi connectivity index (χ0n) is 7.72. The van der Waals surface area contributed by atoms with Gasteiger partial charge in [0.05, 0.1) is 0 Å². The molecule has 2 heteroatoms. The molecule has 2 bridgehead atoms. The zero-order chi connectivity index (χ0) is 9.80. The summed E-state index contributed by atoms with van der Waals surface area (Å²) < 4.78 is 0. The molecule has 70 valence electrons. The fourth-order valence-corrected chi connectivity index (χ4v) is 1.45. The summed E-state index contributed by atoms with van der Waals surface area (Å²) in [6.07, 6.45) is 16.6. The van der Waals surface area contributed by atoms with Gasteiger partial charge in [-0.3, -0.25) is 0 Å². The van der Waals surface area contributed by atoms with Crippen LogP contribution in [0.2, 0.25) is 0 Å². The van der Waals surface area contributed by atoms with Crippen LogP contribution in [0.25, 0.3) is 0 Å². The average Bonchev–Trinajstić information content (AvgIpc) is 2.41. The summed E-state index contributed by atoms with van der Waals surface area (Å²) in [4.78, 5) is 0. The van der Waals surface area contributed by atoms with Crippen molar-refractivity contribution in [2.75, 3.05) is 0 Å². The lowest BCUT2D eigenvalue weighted by Crippen LogP contribution is -1.93. The van der Waals surface area contributed by atoms with Gasteiger partial charge in [0.25, 0.3) is 0 Å². The molecule has 0 amide bonds. The monoisotopic (exact) mass is 185 g/mol. The highest BCUT2D eigenvalue weighted by Gasteiger charge is 2.02. The third-order valence-corrected chi connectivity index (χ3v) is 2.19. The van der Waals surface area contributed by atoms with Gasteiger partial charge in [-0.25, -0.2) is 0 Å². The third kappa shape index (κ3) is 1.91. The molecule has 0 heterocycles. The van der Waals surface area contributed by atoms with Crippen molar-refractivity contribution in [1.29, 1.82) is 0 Å². The van der Waals surface area contributed by atoms with Crippen molar-refractivity contribution in [3.05, 3.63) is 59.8 Å². The molecule has 0 saturated heterocycles. The minimum atomic E-state index is 0.573. The fraction of sp³-hybridized carbons (Fsp3) is 0.0833. The van der Waals surface area contributed by atoms with Crippen LogP contribution in [-0.2, 0) is 0 Å². The molecule has 0 radical (unpaired) electrons. The maximum absolute atomic E-state index is 8.67. The standard InChI is InChI=1S/C12H11NO/c14-13-12-7-5-10-3-1-2-4-11(9-10)6-8-12/h1-8,14H,9H2. The van der Waals surface area contributed by atoms with Crippen LogP contribution in [0.4, 0.5) is 0 Å². The molecule has 0 unspecified atom stereocenters. The van der Waals surface area contributed by atoms with Gasteiger partial charge in [0.15, 0.2) is 0 Å². The Labute approximate surface area is 82.9 Å². The van der Waals surface area contributed by atoms with E-state index in [4.69, 9.17) is 5.21 Å². The van der Waals surface area contributed by atoms with Gasteiger partial charge in [-0.05, 0) is 29.7 Å². The van der Waals surface area contributed by atoms with E-state index < -0.39 is 0 Å². The molecule has 0 atom stereocenters. The molecular formula is C12H11NO. The van der Waals surface area contributed by atoms with Crippen LogP contribution in [-0.4, -0.2) is 10.9 Å². The number of allylic oxidation sites excluding steroid dienone is 10. The first-order valence-electron chi connectivity index (χ1n) is 4.53. The van der Waals surface area contributed by atoms with Crippen LogP contribution in [0.15, 0.2) is 64.9 Å². The second-order valence-electron chi connectivity index (χ2n) is 3.24. The smallest absolute Gasteiger partial charge is 0.102 e.